The molecule has 1 saturated carbocycles. The van der Waals surface area contributed by atoms with Crippen molar-refractivity contribution >= 4 is 44.0 Å². The van der Waals surface area contributed by atoms with Gasteiger partial charge in [-0.25, -0.2) is 0 Å². The van der Waals surface area contributed by atoms with Crippen molar-refractivity contribution in [1.29, 1.82) is 0 Å². The zero-order chi connectivity index (χ0) is 22.6. The molecule has 0 N–H and O–H groups in total. The van der Waals surface area contributed by atoms with Gasteiger partial charge in [-0.15, -0.1) is 0 Å². The van der Waals surface area contributed by atoms with E-state index in [1.165, 1.54) is 56.3 Å². The van der Waals surface area contributed by atoms with E-state index in [1.807, 2.05) is 6.08 Å². The molecule has 1 unspecified atom stereocenters. The molecule has 0 radical (unpaired) electrons. The molecule has 4 heteroatoms. The van der Waals surface area contributed by atoms with E-state index < -0.39 is 24.4 Å². The Morgan fingerprint density at radius 2 is 1.65 bits per heavy atom. The van der Waals surface area contributed by atoms with Crippen LogP contribution in [0, 0.1) is 0 Å². The average molecular weight is 598 g/mol. The molecular weight excluding hydrogens is 554 g/mol. The van der Waals surface area contributed by atoms with Gasteiger partial charge in [0.05, 0.1) is 0 Å². The number of carbonyl (C=O) groups is 1. The first kappa shape index (κ1) is 27.2. The van der Waals surface area contributed by atoms with E-state index >= 15 is 0 Å². The van der Waals surface area contributed by atoms with E-state index in [0.29, 0.717) is 12.2 Å². The van der Waals surface area contributed by atoms with Gasteiger partial charge in [0.25, 0.3) is 0 Å². The topological polar surface area (TPSA) is 26.3 Å². The zero-order valence-corrected chi connectivity index (χ0v) is 24.7. The molecule has 0 bridgehead atoms. The van der Waals surface area contributed by atoms with Gasteiger partial charge in [-0.2, -0.15) is 0 Å². The number of benzene rings is 1. The van der Waals surface area contributed by atoms with Crippen molar-refractivity contribution in [3.8, 4) is 0 Å². The monoisotopic (exact) mass is 600 g/mol. The standard InChI is InChI=1S/C15H17O2Se.3C4H9.Sn/c1-2-10-15(17)11-6-9-13(14(15)16)18-12-7-4-3-5-8-12;3*1-3-4-2;/h2-5,7-8,13H,1,6,9-11H2;3*1,3-4H2,2H3;/q-1;;;;+1/t13?,15-;;;;/m1..../s1. The summed E-state index contributed by atoms with van der Waals surface area (Å²) in [5.41, 5.74) is -0.577. The van der Waals surface area contributed by atoms with Gasteiger partial charge in [0, 0.05) is 0 Å². The van der Waals surface area contributed by atoms with Crippen LogP contribution in [0.15, 0.2) is 43.0 Å². The summed E-state index contributed by atoms with van der Waals surface area (Å²) in [6.07, 6.45) is 13.2. The van der Waals surface area contributed by atoms with Crippen molar-refractivity contribution in [2.24, 2.45) is 0 Å². The van der Waals surface area contributed by atoms with Crippen molar-refractivity contribution < 1.29 is 7.87 Å². The quantitative estimate of drug-likeness (QED) is 0.157. The van der Waals surface area contributed by atoms with Crippen molar-refractivity contribution in [3.63, 3.8) is 0 Å². The van der Waals surface area contributed by atoms with E-state index in [9.17, 15) is 4.79 Å². The first-order valence-electron chi connectivity index (χ1n) is 12.6. The predicted octanol–water partition coefficient (Wildman–Crippen LogP) is 7.23. The minimum atomic E-state index is -2.91. The molecule has 0 aliphatic heterocycles. The molecule has 1 aromatic rings. The Labute approximate surface area is 202 Å². The number of Topliss-reactive ketones (excluding diaryl/α,β-unsaturated/α-hetero) is 1. The van der Waals surface area contributed by atoms with Crippen LogP contribution in [-0.4, -0.2) is 45.1 Å². The number of rotatable bonds is 15. The van der Waals surface area contributed by atoms with E-state index in [2.05, 4.69) is 57.7 Å². The summed E-state index contributed by atoms with van der Waals surface area (Å²) in [6.45, 7) is 10.9. The third-order valence-electron chi connectivity index (χ3n) is 6.65. The van der Waals surface area contributed by atoms with Crippen LogP contribution < -0.4 is 4.46 Å². The first-order valence-corrected chi connectivity index (χ1v) is 21.7. The van der Waals surface area contributed by atoms with Crippen LogP contribution in [0.3, 0.4) is 0 Å². The van der Waals surface area contributed by atoms with Gasteiger partial charge in [-0.1, -0.05) is 0 Å². The van der Waals surface area contributed by atoms with Crippen molar-refractivity contribution in [2.45, 2.75) is 109 Å². The summed E-state index contributed by atoms with van der Waals surface area (Å²) in [5.74, 6) is 0.410. The second-order valence-electron chi connectivity index (χ2n) is 9.26. The minimum absolute atomic E-state index is 0.149. The SMILES string of the molecule is C=CC[C@@]1([O][Sn]([CH2]CCC)([CH2]CCC)[CH2]CCC)CCCC([Se]c2ccccc2)C1=O. The molecule has 174 valence electrons. The summed E-state index contributed by atoms with van der Waals surface area (Å²) in [7, 11) is 0. The summed E-state index contributed by atoms with van der Waals surface area (Å²) >= 11 is -2.73. The van der Waals surface area contributed by atoms with Gasteiger partial charge in [-0.05, 0) is 0 Å². The van der Waals surface area contributed by atoms with Gasteiger partial charge in [0.15, 0.2) is 0 Å². The molecule has 0 spiro atoms. The van der Waals surface area contributed by atoms with Crippen molar-refractivity contribution in [2.75, 3.05) is 0 Å². The van der Waals surface area contributed by atoms with E-state index in [-0.39, 0.29) is 19.8 Å². The van der Waals surface area contributed by atoms with E-state index in [4.69, 9.17) is 3.07 Å². The van der Waals surface area contributed by atoms with E-state index in [1.54, 1.807) is 0 Å². The zero-order valence-electron chi connectivity index (χ0n) is 20.2. The molecular formula is C27H44O2SeSn. The fourth-order valence-corrected chi connectivity index (χ4v) is 22.3. The number of carbonyl (C=O) groups excluding carboxylic acids is 1. The van der Waals surface area contributed by atoms with Gasteiger partial charge in [0.1, 0.15) is 0 Å². The molecule has 2 atom stereocenters. The van der Waals surface area contributed by atoms with Gasteiger partial charge >= 0.3 is 204 Å². The van der Waals surface area contributed by atoms with Crippen LogP contribution in [0.1, 0.15) is 85.0 Å². The van der Waals surface area contributed by atoms with Gasteiger partial charge < -0.3 is 0 Å². The molecule has 2 rings (SSSR count). The molecule has 0 saturated heterocycles. The summed E-state index contributed by atoms with van der Waals surface area (Å²) < 4.78 is 12.6. The Morgan fingerprint density at radius 1 is 1.06 bits per heavy atom. The van der Waals surface area contributed by atoms with Gasteiger partial charge in [-0.3, -0.25) is 0 Å². The molecule has 1 aliphatic carbocycles. The number of hydrogen-bond acceptors (Lipinski definition) is 2. The third-order valence-corrected chi connectivity index (χ3v) is 22.5. The molecule has 31 heavy (non-hydrogen) atoms. The maximum atomic E-state index is 14.0. The third kappa shape index (κ3) is 8.02. The first-order chi connectivity index (χ1) is 15.0. The van der Waals surface area contributed by atoms with Crippen LogP contribution in [0.2, 0.25) is 18.1 Å². The average Bonchev–Trinajstić information content (AvgIpc) is 2.79. The molecule has 0 heterocycles. The maximum absolute atomic E-state index is 14.0. The molecule has 1 aliphatic rings. The molecule has 2 nitrogen and oxygen atoms in total. The van der Waals surface area contributed by atoms with Crippen molar-refractivity contribution in [3.05, 3.63) is 43.0 Å². The molecule has 0 aromatic heterocycles. The van der Waals surface area contributed by atoms with Crippen LogP contribution in [-0.2, 0) is 7.87 Å². The van der Waals surface area contributed by atoms with Crippen molar-refractivity contribution in [1.82, 2.24) is 0 Å². The molecule has 1 fully saturated rings. The second-order valence-corrected chi connectivity index (χ2v) is 23.6. The molecule has 0 amide bonds. The Hall–Kier alpha value is -0.0918. The van der Waals surface area contributed by atoms with E-state index in [0.717, 1.165) is 19.3 Å². The Bertz CT molecular complexity index is 641. The second kappa shape index (κ2) is 14.2. The number of hydrogen-bond donors (Lipinski definition) is 0. The molecule has 1 aromatic carbocycles. The van der Waals surface area contributed by atoms with Crippen LogP contribution in [0.4, 0.5) is 0 Å². The van der Waals surface area contributed by atoms with Gasteiger partial charge in [0.2, 0.25) is 0 Å². The fraction of sp³-hybridized carbons (Fsp3) is 0.667. The Morgan fingerprint density at radius 3 is 2.16 bits per heavy atom. The Kier molecular flexibility index (Phi) is 12.5. The Balaban J connectivity index is 2.32. The van der Waals surface area contributed by atoms with Crippen LogP contribution >= 0.6 is 0 Å². The predicted molar refractivity (Wildman–Crippen MR) is 138 cm³/mol. The number of ketones is 1. The van der Waals surface area contributed by atoms with Crippen LogP contribution in [0.25, 0.3) is 0 Å². The summed E-state index contributed by atoms with van der Waals surface area (Å²) in [5, 5.41) is 0. The summed E-state index contributed by atoms with van der Waals surface area (Å²) in [6, 6.07) is 10.6. The van der Waals surface area contributed by atoms with Crippen LogP contribution in [0.5, 0.6) is 0 Å². The number of unbranched alkanes of at least 4 members (excludes halogenated alkanes) is 3. The summed E-state index contributed by atoms with van der Waals surface area (Å²) in [4.78, 5) is 14.2. The normalized spacial score (nSPS) is 21.9. The fourth-order valence-electron chi connectivity index (χ4n) is 4.91.